The Labute approximate surface area is 132 Å². The second kappa shape index (κ2) is 6.17. The summed E-state index contributed by atoms with van der Waals surface area (Å²) in [6.07, 6.45) is 2.62. The van der Waals surface area contributed by atoms with Crippen molar-refractivity contribution in [3.63, 3.8) is 0 Å². The highest BCUT2D eigenvalue weighted by molar-refractivity contribution is 9.10. The van der Waals surface area contributed by atoms with Crippen molar-refractivity contribution in [2.45, 2.75) is 25.4 Å². The number of halogens is 2. The minimum absolute atomic E-state index is 0.596. The lowest BCUT2D eigenvalue weighted by molar-refractivity contribution is 0.482. The molecule has 0 amide bonds. The van der Waals surface area contributed by atoms with Crippen molar-refractivity contribution in [1.82, 2.24) is 5.32 Å². The normalized spacial score (nSPS) is 14.3. The number of hydrogen-bond acceptors (Lipinski definition) is 2. The first kappa shape index (κ1) is 13.9. The van der Waals surface area contributed by atoms with E-state index in [9.17, 15) is 0 Å². The molecule has 1 aliphatic rings. The molecule has 0 bridgehead atoms. The zero-order valence-corrected chi connectivity index (χ0v) is 13.2. The van der Waals surface area contributed by atoms with Gasteiger partial charge in [0.2, 0.25) is 0 Å². The predicted octanol–water partition coefficient (Wildman–Crippen LogP) is 5.15. The molecular weight excluding hydrogens is 338 g/mol. The third-order valence-corrected chi connectivity index (χ3v) is 4.01. The molecule has 4 heteroatoms. The van der Waals surface area contributed by atoms with Crippen LogP contribution in [-0.2, 0) is 6.54 Å². The van der Waals surface area contributed by atoms with Gasteiger partial charge in [-0.1, -0.05) is 39.7 Å². The van der Waals surface area contributed by atoms with Gasteiger partial charge in [-0.05, 0) is 48.7 Å². The van der Waals surface area contributed by atoms with E-state index in [1.807, 2.05) is 30.3 Å². The molecule has 0 aromatic heterocycles. The lowest BCUT2D eigenvalue weighted by Crippen LogP contribution is -2.14. The van der Waals surface area contributed by atoms with E-state index < -0.39 is 0 Å². The molecule has 0 spiro atoms. The first-order valence-electron chi connectivity index (χ1n) is 6.66. The van der Waals surface area contributed by atoms with Gasteiger partial charge in [-0.3, -0.25) is 0 Å². The van der Waals surface area contributed by atoms with Crippen LogP contribution in [0.4, 0.5) is 0 Å². The molecule has 0 saturated heterocycles. The van der Waals surface area contributed by atoms with E-state index in [0.717, 1.165) is 22.8 Å². The van der Waals surface area contributed by atoms with Crippen LogP contribution in [0.25, 0.3) is 0 Å². The Kier molecular flexibility index (Phi) is 4.29. The lowest BCUT2D eigenvalue weighted by atomic mass is 10.2. The van der Waals surface area contributed by atoms with E-state index in [1.54, 1.807) is 0 Å². The van der Waals surface area contributed by atoms with Crippen molar-refractivity contribution in [2.24, 2.45) is 0 Å². The summed E-state index contributed by atoms with van der Waals surface area (Å²) in [6, 6.07) is 14.4. The second-order valence-electron chi connectivity index (χ2n) is 4.98. The Hall–Kier alpha value is -1.03. The first-order chi connectivity index (χ1) is 9.70. The molecule has 1 saturated carbocycles. The van der Waals surface area contributed by atoms with E-state index in [1.165, 1.54) is 18.4 Å². The Balaban J connectivity index is 1.64. The maximum Gasteiger partial charge on any atom is 0.146 e. The number of benzene rings is 2. The van der Waals surface area contributed by atoms with E-state index in [4.69, 9.17) is 16.3 Å². The van der Waals surface area contributed by atoms with E-state index >= 15 is 0 Å². The van der Waals surface area contributed by atoms with Crippen molar-refractivity contribution in [1.29, 1.82) is 0 Å². The lowest BCUT2D eigenvalue weighted by Gasteiger charge is -2.09. The minimum Gasteiger partial charge on any atom is -0.456 e. The van der Waals surface area contributed by atoms with Gasteiger partial charge in [-0.15, -0.1) is 0 Å². The zero-order chi connectivity index (χ0) is 13.9. The zero-order valence-electron chi connectivity index (χ0n) is 10.9. The molecule has 0 heterocycles. The van der Waals surface area contributed by atoms with Crippen LogP contribution in [0.15, 0.2) is 46.9 Å². The molecule has 1 aliphatic carbocycles. The molecule has 2 nitrogen and oxygen atoms in total. The van der Waals surface area contributed by atoms with Gasteiger partial charge in [-0.25, -0.2) is 0 Å². The van der Waals surface area contributed by atoms with E-state index in [2.05, 4.69) is 33.4 Å². The van der Waals surface area contributed by atoms with Crippen LogP contribution in [0.2, 0.25) is 5.02 Å². The average molecular weight is 353 g/mol. The van der Waals surface area contributed by atoms with Gasteiger partial charge < -0.3 is 10.1 Å². The van der Waals surface area contributed by atoms with Crippen LogP contribution in [0, 0.1) is 0 Å². The van der Waals surface area contributed by atoms with Crippen LogP contribution in [0.5, 0.6) is 11.5 Å². The van der Waals surface area contributed by atoms with Crippen molar-refractivity contribution >= 4 is 27.5 Å². The smallest absolute Gasteiger partial charge is 0.146 e. The van der Waals surface area contributed by atoms with Gasteiger partial charge in [0.25, 0.3) is 0 Å². The Morgan fingerprint density at radius 1 is 1.15 bits per heavy atom. The number of ether oxygens (including phenoxy) is 1. The van der Waals surface area contributed by atoms with Gasteiger partial charge >= 0.3 is 0 Å². The molecule has 1 fully saturated rings. The predicted molar refractivity (Wildman–Crippen MR) is 85.5 cm³/mol. The van der Waals surface area contributed by atoms with Gasteiger partial charge in [0.05, 0.1) is 5.02 Å². The fourth-order valence-corrected chi connectivity index (χ4v) is 2.62. The summed E-state index contributed by atoms with van der Waals surface area (Å²) < 4.78 is 6.72. The van der Waals surface area contributed by atoms with Crippen molar-refractivity contribution in [3.05, 3.63) is 57.5 Å². The van der Waals surface area contributed by atoms with E-state index in [0.29, 0.717) is 10.8 Å². The Bertz CT molecular complexity index is 596. The summed E-state index contributed by atoms with van der Waals surface area (Å²) >= 11 is 9.52. The third kappa shape index (κ3) is 3.75. The number of rotatable bonds is 5. The van der Waals surface area contributed by atoms with Crippen molar-refractivity contribution in [2.75, 3.05) is 0 Å². The quantitative estimate of drug-likeness (QED) is 0.804. The van der Waals surface area contributed by atoms with E-state index in [-0.39, 0.29) is 0 Å². The van der Waals surface area contributed by atoms with Gasteiger partial charge in [0, 0.05) is 17.1 Å². The Morgan fingerprint density at radius 3 is 2.55 bits per heavy atom. The van der Waals surface area contributed by atoms with Crippen molar-refractivity contribution in [3.8, 4) is 11.5 Å². The van der Waals surface area contributed by atoms with Crippen LogP contribution in [0.3, 0.4) is 0 Å². The monoisotopic (exact) mass is 351 g/mol. The number of nitrogens with one attached hydrogen (secondary N) is 1. The molecular formula is C16H15BrClNO. The maximum absolute atomic E-state index is 6.14. The van der Waals surface area contributed by atoms with Crippen LogP contribution < -0.4 is 10.1 Å². The third-order valence-electron chi connectivity index (χ3n) is 3.22. The van der Waals surface area contributed by atoms with Gasteiger partial charge in [0.1, 0.15) is 11.5 Å². The maximum atomic E-state index is 6.14. The topological polar surface area (TPSA) is 21.3 Å². The molecule has 2 aromatic rings. The summed E-state index contributed by atoms with van der Waals surface area (Å²) in [5, 5.41) is 4.09. The second-order valence-corrected chi connectivity index (χ2v) is 6.30. The first-order valence-corrected chi connectivity index (χ1v) is 7.83. The van der Waals surface area contributed by atoms with Crippen LogP contribution >= 0.6 is 27.5 Å². The van der Waals surface area contributed by atoms with Gasteiger partial charge in [0.15, 0.2) is 0 Å². The summed E-state index contributed by atoms with van der Waals surface area (Å²) in [4.78, 5) is 0. The largest absolute Gasteiger partial charge is 0.456 e. The fourth-order valence-electron chi connectivity index (χ4n) is 1.91. The summed E-state index contributed by atoms with van der Waals surface area (Å²) in [5.41, 5.74) is 1.27. The molecule has 1 N–H and O–H groups in total. The summed E-state index contributed by atoms with van der Waals surface area (Å²) in [7, 11) is 0. The van der Waals surface area contributed by atoms with Gasteiger partial charge in [-0.2, -0.15) is 0 Å². The van der Waals surface area contributed by atoms with Crippen molar-refractivity contribution < 1.29 is 4.74 Å². The SMILES string of the molecule is Clc1cc(Br)ccc1Oc1ccc(CNC2CC2)cc1. The molecule has 0 atom stereocenters. The molecule has 2 aromatic carbocycles. The summed E-state index contributed by atoms with van der Waals surface area (Å²) in [6.45, 7) is 0.921. The molecule has 20 heavy (non-hydrogen) atoms. The molecule has 104 valence electrons. The van der Waals surface area contributed by atoms with Crippen LogP contribution in [0.1, 0.15) is 18.4 Å². The molecule has 3 rings (SSSR count). The minimum atomic E-state index is 0.596. The highest BCUT2D eigenvalue weighted by Gasteiger charge is 2.19. The molecule has 0 radical (unpaired) electrons. The average Bonchev–Trinajstić information content (AvgIpc) is 3.25. The summed E-state index contributed by atoms with van der Waals surface area (Å²) in [5.74, 6) is 1.46. The van der Waals surface area contributed by atoms with Crippen LogP contribution in [-0.4, -0.2) is 6.04 Å². The highest BCUT2D eigenvalue weighted by atomic mass is 79.9. The Morgan fingerprint density at radius 2 is 1.90 bits per heavy atom. The standard InChI is InChI=1S/C16H15BrClNO/c17-12-3-8-16(15(18)9-12)20-14-6-1-11(2-7-14)10-19-13-4-5-13/h1-3,6-9,13,19H,4-5,10H2. The number of hydrogen-bond donors (Lipinski definition) is 1. The molecule has 0 unspecified atom stereocenters. The fraction of sp³-hybridized carbons (Fsp3) is 0.250. The molecule has 0 aliphatic heterocycles. The highest BCUT2D eigenvalue weighted by Crippen LogP contribution is 2.31.